The molecule has 0 spiro atoms. The Kier molecular flexibility index (Phi) is 4.96. The molecule has 128 valence electrons. The van der Waals surface area contributed by atoms with Crippen LogP contribution < -0.4 is 5.56 Å². The number of likely N-dealkylation sites (tertiary alicyclic amines) is 1. The number of thiazole rings is 1. The van der Waals surface area contributed by atoms with E-state index in [0.717, 1.165) is 25.8 Å². The Balaban J connectivity index is 1.92. The van der Waals surface area contributed by atoms with Crippen LogP contribution in [0.4, 0.5) is 0 Å². The average Bonchev–Trinajstić information content (AvgIpc) is 2.88. The molecular formula is C16H20N4O2S2. The van der Waals surface area contributed by atoms with E-state index in [0.29, 0.717) is 20.8 Å². The van der Waals surface area contributed by atoms with Crippen LogP contribution in [0.3, 0.4) is 0 Å². The largest absolute Gasteiger partial charge is 0.338 e. The lowest BCUT2D eigenvalue weighted by molar-refractivity contribution is -0.135. The second-order valence-corrected chi connectivity index (χ2v) is 7.67. The third kappa shape index (κ3) is 3.08. The molecule has 1 atom stereocenters. The van der Waals surface area contributed by atoms with Gasteiger partial charge in [-0.3, -0.25) is 14.2 Å². The Morgan fingerprint density at radius 2 is 2.33 bits per heavy atom. The van der Waals surface area contributed by atoms with Crippen molar-refractivity contribution in [3.63, 3.8) is 0 Å². The third-order valence-electron chi connectivity index (χ3n) is 4.38. The molecule has 2 aromatic rings. The number of aromatic nitrogens is 3. The monoisotopic (exact) mass is 364 g/mol. The summed E-state index contributed by atoms with van der Waals surface area (Å²) < 4.78 is 4.24. The Morgan fingerprint density at radius 3 is 3.04 bits per heavy atom. The van der Waals surface area contributed by atoms with Crippen LogP contribution in [-0.2, 0) is 17.9 Å². The summed E-state index contributed by atoms with van der Waals surface area (Å²) >= 11 is 6.53. The van der Waals surface area contributed by atoms with Gasteiger partial charge >= 0.3 is 0 Å². The minimum Gasteiger partial charge on any atom is -0.338 e. The fourth-order valence-corrected chi connectivity index (χ4v) is 4.40. The molecule has 1 aliphatic heterocycles. The number of hydrogen-bond acceptors (Lipinski definition) is 5. The lowest BCUT2D eigenvalue weighted by atomic mass is 10.0. The highest BCUT2D eigenvalue weighted by Crippen LogP contribution is 2.19. The van der Waals surface area contributed by atoms with Crippen molar-refractivity contribution in [2.24, 2.45) is 0 Å². The number of rotatable bonds is 4. The number of hydrogen-bond donors (Lipinski definition) is 0. The molecule has 1 unspecified atom stereocenters. The molecule has 2 aromatic heterocycles. The highest BCUT2D eigenvalue weighted by molar-refractivity contribution is 7.73. The van der Waals surface area contributed by atoms with E-state index in [-0.39, 0.29) is 24.1 Å². The summed E-state index contributed by atoms with van der Waals surface area (Å²) in [5, 5.41) is 0. The summed E-state index contributed by atoms with van der Waals surface area (Å²) in [6.45, 7) is 7.06. The maximum absolute atomic E-state index is 12.7. The van der Waals surface area contributed by atoms with Gasteiger partial charge in [-0.05, 0) is 38.4 Å². The summed E-state index contributed by atoms with van der Waals surface area (Å²) in [7, 11) is 0. The van der Waals surface area contributed by atoms with Crippen molar-refractivity contribution < 1.29 is 4.79 Å². The standard InChI is InChI=1S/C16H20N4O2S2/c1-3-7-20-14-13(24-16(20)23)15(22)18(10-17-14)9-12(21)19-8-5-4-6-11(19)2/h3,10-11H,1,4-9H2,2H3. The van der Waals surface area contributed by atoms with Gasteiger partial charge in [0.25, 0.3) is 5.56 Å². The van der Waals surface area contributed by atoms with Gasteiger partial charge in [0.15, 0.2) is 9.60 Å². The van der Waals surface area contributed by atoms with Gasteiger partial charge in [-0.15, -0.1) is 6.58 Å². The minimum atomic E-state index is -0.211. The summed E-state index contributed by atoms with van der Waals surface area (Å²) in [6, 6.07) is 0.231. The zero-order valence-corrected chi connectivity index (χ0v) is 15.2. The number of amides is 1. The molecular weight excluding hydrogens is 344 g/mol. The number of carbonyl (C=O) groups is 1. The van der Waals surface area contributed by atoms with Crippen molar-refractivity contribution in [2.45, 2.75) is 45.3 Å². The van der Waals surface area contributed by atoms with Crippen molar-refractivity contribution in [1.29, 1.82) is 0 Å². The van der Waals surface area contributed by atoms with E-state index >= 15 is 0 Å². The minimum absolute atomic E-state index is 0.0260. The Hall–Kier alpha value is -1.80. The van der Waals surface area contributed by atoms with Gasteiger partial charge in [0, 0.05) is 19.1 Å². The second-order valence-electron chi connectivity index (χ2n) is 6.03. The maximum atomic E-state index is 12.7. The number of fused-ring (bicyclic) bond motifs is 1. The molecule has 1 fully saturated rings. The number of carbonyl (C=O) groups excluding carboxylic acids is 1. The van der Waals surface area contributed by atoms with Crippen molar-refractivity contribution >= 4 is 39.8 Å². The molecule has 1 amide bonds. The molecule has 24 heavy (non-hydrogen) atoms. The molecule has 0 saturated carbocycles. The topological polar surface area (TPSA) is 60.1 Å². The lowest BCUT2D eigenvalue weighted by Gasteiger charge is -2.33. The first kappa shape index (κ1) is 17.0. The van der Waals surface area contributed by atoms with Crippen LogP contribution in [0, 0.1) is 3.95 Å². The zero-order valence-electron chi connectivity index (χ0n) is 13.6. The van der Waals surface area contributed by atoms with Crippen molar-refractivity contribution in [3.05, 3.63) is 33.3 Å². The molecule has 0 radical (unpaired) electrons. The summed E-state index contributed by atoms with van der Waals surface area (Å²) in [5.74, 6) is -0.0282. The van der Waals surface area contributed by atoms with Gasteiger partial charge in [0.2, 0.25) is 5.91 Å². The van der Waals surface area contributed by atoms with Crippen molar-refractivity contribution in [2.75, 3.05) is 6.54 Å². The van der Waals surface area contributed by atoms with E-state index in [9.17, 15) is 9.59 Å². The van der Waals surface area contributed by atoms with Crippen LogP contribution in [0.15, 0.2) is 23.8 Å². The molecule has 6 nitrogen and oxygen atoms in total. The highest BCUT2D eigenvalue weighted by Gasteiger charge is 2.24. The Labute approximate surface area is 149 Å². The van der Waals surface area contributed by atoms with Gasteiger partial charge in [-0.1, -0.05) is 17.4 Å². The third-order valence-corrected chi connectivity index (χ3v) is 5.81. The van der Waals surface area contributed by atoms with E-state index in [2.05, 4.69) is 18.5 Å². The normalized spacial score (nSPS) is 18.0. The number of nitrogens with zero attached hydrogens (tertiary/aromatic N) is 4. The SMILES string of the molecule is C=CCn1c(=S)sc2c(=O)n(CC(=O)N3CCCCC3C)cnc21. The molecule has 1 aliphatic rings. The molecule has 8 heteroatoms. The second kappa shape index (κ2) is 6.98. The summed E-state index contributed by atoms with van der Waals surface area (Å²) in [4.78, 5) is 31.4. The number of allylic oxidation sites excluding steroid dienone is 1. The van der Waals surface area contributed by atoms with Gasteiger partial charge < -0.3 is 9.47 Å². The Morgan fingerprint density at radius 1 is 1.54 bits per heavy atom. The molecule has 0 aromatic carbocycles. The molecule has 3 rings (SSSR count). The molecule has 3 heterocycles. The lowest BCUT2D eigenvalue weighted by Crippen LogP contribution is -2.44. The Bertz CT molecular complexity index is 896. The van der Waals surface area contributed by atoms with Crippen LogP contribution in [0.25, 0.3) is 10.3 Å². The van der Waals surface area contributed by atoms with Crippen molar-refractivity contribution in [1.82, 2.24) is 19.0 Å². The maximum Gasteiger partial charge on any atom is 0.273 e. The number of piperidine rings is 1. The van der Waals surface area contributed by atoms with E-state index in [1.807, 2.05) is 4.90 Å². The predicted octanol–water partition coefficient (Wildman–Crippen LogP) is 2.58. The van der Waals surface area contributed by atoms with Gasteiger partial charge in [-0.25, -0.2) is 4.98 Å². The van der Waals surface area contributed by atoms with Gasteiger partial charge in [0.05, 0.1) is 0 Å². The van der Waals surface area contributed by atoms with E-state index in [1.54, 1.807) is 10.6 Å². The zero-order chi connectivity index (χ0) is 17.3. The smallest absolute Gasteiger partial charge is 0.273 e. The van der Waals surface area contributed by atoms with E-state index < -0.39 is 0 Å². The molecule has 1 saturated heterocycles. The molecule has 0 N–H and O–H groups in total. The van der Waals surface area contributed by atoms with Crippen LogP contribution in [0.1, 0.15) is 26.2 Å². The fraction of sp³-hybridized carbons (Fsp3) is 0.500. The van der Waals surface area contributed by atoms with Gasteiger partial charge in [-0.2, -0.15) is 0 Å². The van der Waals surface area contributed by atoms with Crippen molar-refractivity contribution in [3.8, 4) is 0 Å². The van der Waals surface area contributed by atoms with Crippen LogP contribution in [0.2, 0.25) is 0 Å². The van der Waals surface area contributed by atoms with E-state index in [1.165, 1.54) is 22.2 Å². The first-order chi connectivity index (χ1) is 11.5. The van der Waals surface area contributed by atoms with Crippen LogP contribution >= 0.6 is 23.6 Å². The van der Waals surface area contributed by atoms with Crippen LogP contribution in [-0.4, -0.2) is 37.5 Å². The first-order valence-electron chi connectivity index (χ1n) is 8.02. The molecule has 0 aliphatic carbocycles. The highest BCUT2D eigenvalue weighted by atomic mass is 32.1. The fourth-order valence-electron chi connectivity index (χ4n) is 3.08. The quantitative estimate of drug-likeness (QED) is 0.618. The predicted molar refractivity (Wildman–Crippen MR) is 97.9 cm³/mol. The van der Waals surface area contributed by atoms with Gasteiger partial charge in [0.1, 0.15) is 17.6 Å². The molecule has 0 bridgehead atoms. The summed E-state index contributed by atoms with van der Waals surface area (Å²) in [5.41, 5.74) is 0.349. The summed E-state index contributed by atoms with van der Waals surface area (Å²) in [6.07, 6.45) is 6.35. The van der Waals surface area contributed by atoms with E-state index in [4.69, 9.17) is 12.2 Å². The van der Waals surface area contributed by atoms with Crippen LogP contribution in [0.5, 0.6) is 0 Å². The first-order valence-corrected chi connectivity index (χ1v) is 9.24. The average molecular weight is 364 g/mol.